The number of phenolic OH excluding ortho intramolecular Hbond substituents is 1. The van der Waals surface area contributed by atoms with Crippen LogP contribution in [0.1, 0.15) is 76.7 Å². The van der Waals surface area contributed by atoms with Gasteiger partial charge in [0.2, 0.25) is 0 Å². The van der Waals surface area contributed by atoms with Crippen molar-refractivity contribution in [3.63, 3.8) is 0 Å². The van der Waals surface area contributed by atoms with Crippen LogP contribution < -0.4 is 11.2 Å². The van der Waals surface area contributed by atoms with E-state index in [9.17, 15) is 9.90 Å². The van der Waals surface area contributed by atoms with E-state index in [-0.39, 0.29) is 5.75 Å². The molecule has 0 aliphatic heterocycles. The second-order valence-electron chi connectivity index (χ2n) is 6.16. The first-order chi connectivity index (χ1) is 11.6. The lowest BCUT2D eigenvalue weighted by Gasteiger charge is -2.07. The van der Waals surface area contributed by atoms with E-state index in [0.29, 0.717) is 0 Å². The SMILES string of the molecule is CCCCCCCCCCC/C(=N/NC(N)=O)c1ccc(O)cc1. The normalized spacial score (nSPS) is 11.5. The van der Waals surface area contributed by atoms with Crippen LogP contribution in [0.5, 0.6) is 5.75 Å². The molecule has 0 radical (unpaired) electrons. The molecule has 0 aromatic heterocycles. The number of carbonyl (C=O) groups is 1. The number of nitrogens with two attached hydrogens (primary N) is 1. The van der Waals surface area contributed by atoms with E-state index in [1.165, 1.54) is 44.9 Å². The number of nitrogens with zero attached hydrogens (tertiary/aromatic N) is 1. The summed E-state index contributed by atoms with van der Waals surface area (Å²) in [5.74, 6) is 0.212. The summed E-state index contributed by atoms with van der Waals surface area (Å²) in [6.45, 7) is 2.24. The van der Waals surface area contributed by atoms with Crippen molar-refractivity contribution in [1.29, 1.82) is 0 Å². The average molecular weight is 333 g/mol. The van der Waals surface area contributed by atoms with Crippen LogP contribution in [-0.4, -0.2) is 16.8 Å². The predicted molar refractivity (Wildman–Crippen MR) is 99.2 cm³/mol. The molecule has 0 aliphatic carbocycles. The van der Waals surface area contributed by atoms with Crippen molar-refractivity contribution in [3.05, 3.63) is 29.8 Å². The zero-order valence-electron chi connectivity index (χ0n) is 14.8. The van der Waals surface area contributed by atoms with E-state index in [1.807, 2.05) is 0 Å². The molecule has 0 heterocycles. The van der Waals surface area contributed by atoms with E-state index < -0.39 is 6.03 Å². The summed E-state index contributed by atoms with van der Waals surface area (Å²) in [6.07, 6.45) is 12.1. The van der Waals surface area contributed by atoms with Crippen molar-refractivity contribution in [3.8, 4) is 5.75 Å². The molecule has 1 aromatic carbocycles. The Balaban J connectivity index is 2.34. The van der Waals surface area contributed by atoms with Gasteiger partial charge in [-0.2, -0.15) is 5.10 Å². The number of hydrogen-bond donors (Lipinski definition) is 3. The molecule has 4 N–H and O–H groups in total. The van der Waals surface area contributed by atoms with E-state index in [4.69, 9.17) is 5.73 Å². The third-order valence-corrected chi connectivity index (χ3v) is 4.02. The Bertz CT molecular complexity index is 498. The van der Waals surface area contributed by atoms with Gasteiger partial charge in [0.05, 0.1) is 5.71 Å². The highest BCUT2D eigenvalue weighted by Crippen LogP contribution is 2.15. The van der Waals surface area contributed by atoms with Crippen LogP contribution >= 0.6 is 0 Å². The van der Waals surface area contributed by atoms with Crippen molar-refractivity contribution >= 4 is 11.7 Å². The Morgan fingerprint density at radius 2 is 1.54 bits per heavy atom. The lowest BCUT2D eigenvalue weighted by Crippen LogP contribution is -2.26. The number of hydrogen-bond acceptors (Lipinski definition) is 3. The van der Waals surface area contributed by atoms with E-state index in [0.717, 1.165) is 30.5 Å². The molecule has 0 atom stereocenters. The van der Waals surface area contributed by atoms with Crippen molar-refractivity contribution in [2.75, 3.05) is 0 Å². The number of aromatic hydroxyl groups is 1. The summed E-state index contributed by atoms with van der Waals surface area (Å²) in [6, 6.07) is 6.16. The summed E-state index contributed by atoms with van der Waals surface area (Å²) in [4.78, 5) is 10.9. The molecule has 5 heteroatoms. The van der Waals surface area contributed by atoms with Gasteiger partial charge in [0.25, 0.3) is 0 Å². The molecule has 0 spiro atoms. The van der Waals surface area contributed by atoms with Crippen molar-refractivity contribution in [1.82, 2.24) is 5.43 Å². The van der Waals surface area contributed by atoms with Crippen LogP contribution in [-0.2, 0) is 0 Å². The Morgan fingerprint density at radius 1 is 1.00 bits per heavy atom. The van der Waals surface area contributed by atoms with Crippen molar-refractivity contribution < 1.29 is 9.90 Å². The Morgan fingerprint density at radius 3 is 2.08 bits per heavy atom. The van der Waals surface area contributed by atoms with Crippen molar-refractivity contribution in [2.24, 2.45) is 10.8 Å². The zero-order valence-corrected chi connectivity index (χ0v) is 14.8. The van der Waals surface area contributed by atoms with Gasteiger partial charge in [0.15, 0.2) is 0 Å². The molecule has 1 aromatic rings. The number of urea groups is 1. The van der Waals surface area contributed by atoms with Crippen LogP contribution in [0.15, 0.2) is 29.4 Å². The van der Waals surface area contributed by atoms with Crippen LogP contribution in [0.2, 0.25) is 0 Å². The van der Waals surface area contributed by atoms with Crippen LogP contribution in [0.25, 0.3) is 0 Å². The number of primary amides is 1. The highest BCUT2D eigenvalue weighted by atomic mass is 16.3. The Hall–Kier alpha value is -2.04. The zero-order chi connectivity index (χ0) is 17.6. The van der Waals surface area contributed by atoms with Gasteiger partial charge in [-0.1, -0.05) is 58.3 Å². The number of amides is 2. The maximum atomic E-state index is 10.9. The number of benzene rings is 1. The summed E-state index contributed by atoms with van der Waals surface area (Å²) < 4.78 is 0. The van der Waals surface area contributed by atoms with Crippen LogP contribution in [0.4, 0.5) is 4.79 Å². The minimum absolute atomic E-state index is 0.212. The average Bonchev–Trinajstić information content (AvgIpc) is 2.57. The number of unbranched alkanes of at least 4 members (excludes halogenated alkanes) is 8. The molecule has 2 amide bonds. The molecule has 0 bridgehead atoms. The molecular formula is C19H31N3O2. The molecule has 0 saturated heterocycles. The minimum atomic E-state index is -0.668. The van der Waals surface area contributed by atoms with Gasteiger partial charge in [-0.05, 0) is 42.7 Å². The summed E-state index contributed by atoms with van der Waals surface area (Å²) in [5.41, 5.74) is 9.07. The monoisotopic (exact) mass is 333 g/mol. The molecule has 0 aliphatic rings. The van der Waals surface area contributed by atoms with Crippen LogP contribution in [0, 0.1) is 0 Å². The maximum absolute atomic E-state index is 10.9. The first kappa shape index (κ1) is 20.0. The second kappa shape index (κ2) is 12.4. The molecule has 0 saturated carbocycles. The molecule has 0 unspecified atom stereocenters. The van der Waals surface area contributed by atoms with E-state index in [1.54, 1.807) is 24.3 Å². The van der Waals surface area contributed by atoms with Gasteiger partial charge >= 0.3 is 6.03 Å². The number of rotatable bonds is 12. The molecule has 1 rings (SSSR count). The fraction of sp³-hybridized carbons (Fsp3) is 0.579. The third-order valence-electron chi connectivity index (χ3n) is 4.02. The first-order valence-electron chi connectivity index (χ1n) is 9.05. The van der Waals surface area contributed by atoms with Gasteiger partial charge in [0.1, 0.15) is 5.75 Å². The number of hydrazone groups is 1. The van der Waals surface area contributed by atoms with E-state index in [2.05, 4.69) is 17.5 Å². The van der Waals surface area contributed by atoms with Crippen molar-refractivity contribution in [2.45, 2.75) is 71.1 Å². The molecular weight excluding hydrogens is 302 g/mol. The lowest BCUT2D eigenvalue weighted by molar-refractivity contribution is 0.249. The highest BCUT2D eigenvalue weighted by molar-refractivity contribution is 6.01. The van der Waals surface area contributed by atoms with E-state index >= 15 is 0 Å². The molecule has 0 fully saturated rings. The maximum Gasteiger partial charge on any atom is 0.332 e. The fourth-order valence-electron chi connectivity index (χ4n) is 2.64. The number of phenols is 1. The fourth-order valence-corrected chi connectivity index (χ4v) is 2.64. The smallest absolute Gasteiger partial charge is 0.332 e. The summed E-state index contributed by atoms with van der Waals surface area (Å²) in [7, 11) is 0. The summed E-state index contributed by atoms with van der Waals surface area (Å²) >= 11 is 0. The Kier molecular flexibility index (Phi) is 10.3. The quantitative estimate of drug-likeness (QED) is 0.294. The van der Waals surface area contributed by atoms with Gasteiger partial charge in [-0.15, -0.1) is 0 Å². The third kappa shape index (κ3) is 9.18. The first-order valence-corrected chi connectivity index (χ1v) is 9.05. The highest BCUT2D eigenvalue weighted by Gasteiger charge is 2.05. The molecule has 134 valence electrons. The van der Waals surface area contributed by atoms with Gasteiger partial charge in [-0.25, -0.2) is 10.2 Å². The van der Waals surface area contributed by atoms with Gasteiger partial charge < -0.3 is 10.8 Å². The van der Waals surface area contributed by atoms with Crippen LogP contribution in [0.3, 0.4) is 0 Å². The standard InChI is InChI=1S/C19H31N3O2/c1-2-3-4-5-6-7-8-9-10-11-18(21-22-19(20)24)16-12-14-17(23)15-13-16/h12-15,23H,2-11H2,1H3,(H3,20,22,24)/b21-18-. The summed E-state index contributed by atoms with van der Waals surface area (Å²) in [5, 5.41) is 13.5. The lowest BCUT2D eigenvalue weighted by atomic mass is 10.0. The topological polar surface area (TPSA) is 87.7 Å². The Labute approximate surface area is 145 Å². The van der Waals surface area contributed by atoms with Gasteiger partial charge in [0, 0.05) is 0 Å². The number of nitrogens with one attached hydrogen (secondary N) is 1. The predicted octanol–water partition coefficient (Wildman–Crippen LogP) is 4.69. The minimum Gasteiger partial charge on any atom is -0.508 e. The molecule has 24 heavy (non-hydrogen) atoms. The number of carbonyl (C=O) groups excluding carboxylic acids is 1. The largest absolute Gasteiger partial charge is 0.508 e. The van der Waals surface area contributed by atoms with Gasteiger partial charge in [-0.3, -0.25) is 0 Å². The molecule has 5 nitrogen and oxygen atoms in total. The second-order valence-corrected chi connectivity index (χ2v) is 6.16.